The van der Waals surface area contributed by atoms with Gasteiger partial charge in [-0.1, -0.05) is 5.16 Å². The molecule has 2 heterocycles. The first-order chi connectivity index (χ1) is 9.46. The molecule has 1 aliphatic rings. The molecule has 1 aromatic rings. The predicted molar refractivity (Wildman–Crippen MR) is 78.4 cm³/mol. The Balaban J connectivity index is 1.83. The summed E-state index contributed by atoms with van der Waals surface area (Å²) >= 11 is 0. The third-order valence-corrected chi connectivity index (χ3v) is 3.58. The number of aromatic nitrogens is 1. The molecule has 1 saturated heterocycles. The lowest BCUT2D eigenvalue weighted by Gasteiger charge is -2.30. The number of hydrogen-bond donors (Lipinski definition) is 1. The van der Waals surface area contributed by atoms with Crippen LogP contribution in [0.3, 0.4) is 0 Å². The number of piperidine rings is 1. The quantitative estimate of drug-likeness (QED) is 0.896. The van der Waals surface area contributed by atoms with E-state index in [-0.39, 0.29) is 5.54 Å². The van der Waals surface area contributed by atoms with Crippen molar-refractivity contribution < 1.29 is 9.26 Å². The minimum Gasteiger partial charge on any atom is -0.380 e. The Morgan fingerprint density at radius 2 is 2.30 bits per heavy atom. The molecule has 20 heavy (non-hydrogen) atoms. The maximum absolute atomic E-state index is 5.44. The Morgan fingerprint density at radius 1 is 1.50 bits per heavy atom. The van der Waals surface area contributed by atoms with Crippen LogP contribution in [0.1, 0.15) is 45.1 Å². The Hall–Kier alpha value is -0.910. The van der Waals surface area contributed by atoms with Crippen LogP contribution in [0.15, 0.2) is 10.6 Å². The Bertz CT molecular complexity index is 411. The highest BCUT2D eigenvalue weighted by molar-refractivity contribution is 5.05. The number of methoxy groups -OCH3 is 1. The molecule has 5 nitrogen and oxygen atoms in total. The molecule has 1 fully saturated rings. The van der Waals surface area contributed by atoms with E-state index in [2.05, 4.69) is 42.2 Å². The van der Waals surface area contributed by atoms with E-state index in [1.165, 1.54) is 6.42 Å². The molecule has 0 aliphatic carbocycles. The van der Waals surface area contributed by atoms with Crippen LogP contribution in [-0.2, 0) is 17.8 Å². The maximum atomic E-state index is 5.44. The summed E-state index contributed by atoms with van der Waals surface area (Å²) in [5, 5.41) is 7.54. The molecule has 2 rings (SSSR count). The monoisotopic (exact) mass is 281 g/mol. The van der Waals surface area contributed by atoms with Crippen molar-refractivity contribution in [3.8, 4) is 0 Å². The summed E-state index contributed by atoms with van der Waals surface area (Å²) < 4.78 is 10.9. The maximum Gasteiger partial charge on any atom is 0.151 e. The first-order valence-corrected chi connectivity index (χ1v) is 7.41. The summed E-state index contributed by atoms with van der Waals surface area (Å²) in [7, 11) is 1.79. The number of ether oxygens (including phenoxy) is 1. The lowest BCUT2D eigenvalue weighted by molar-refractivity contribution is 0.0257. The fraction of sp³-hybridized carbons (Fsp3) is 0.800. The van der Waals surface area contributed by atoms with Gasteiger partial charge < -0.3 is 14.6 Å². The van der Waals surface area contributed by atoms with E-state index in [0.717, 1.165) is 44.1 Å². The molecule has 0 amide bonds. The Labute approximate surface area is 121 Å². The predicted octanol–water partition coefficient (Wildman–Crippen LogP) is 2.17. The SMILES string of the molecule is COC1CCCN(Cc2cc(CNC(C)(C)C)no2)C1. The summed E-state index contributed by atoms with van der Waals surface area (Å²) in [6, 6.07) is 2.05. The number of nitrogens with one attached hydrogen (secondary N) is 1. The van der Waals surface area contributed by atoms with Crippen molar-refractivity contribution in [2.75, 3.05) is 20.2 Å². The molecule has 1 N–H and O–H groups in total. The summed E-state index contributed by atoms with van der Waals surface area (Å²) in [5.74, 6) is 0.937. The average molecular weight is 281 g/mol. The third-order valence-electron chi connectivity index (χ3n) is 3.58. The van der Waals surface area contributed by atoms with Crippen LogP contribution in [0.4, 0.5) is 0 Å². The summed E-state index contributed by atoms with van der Waals surface area (Å²) in [4.78, 5) is 2.37. The molecule has 5 heteroatoms. The van der Waals surface area contributed by atoms with Crippen molar-refractivity contribution in [3.05, 3.63) is 17.5 Å². The molecule has 1 aromatic heterocycles. The summed E-state index contributed by atoms with van der Waals surface area (Å²) in [6.07, 6.45) is 2.70. The van der Waals surface area contributed by atoms with Gasteiger partial charge in [0, 0.05) is 31.8 Å². The first kappa shape index (κ1) is 15.5. The molecular weight excluding hydrogens is 254 g/mol. The van der Waals surface area contributed by atoms with Gasteiger partial charge in [0.15, 0.2) is 5.76 Å². The highest BCUT2D eigenvalue weighted by Crippen LogP contribution is 2.16. The summed E-state index contributed by atoms with van der Waals surface area (Å²) in [6.45, 7) is 10.1. The third kappa shape index (κ3) is 4.89. The largest absolute Gasteiger partial charge is 0.380 e. The van der Waals surface area contributed by atoms with Gasteiger partial charge in [0.2, 0.25) is 0 Å². The van der Waals surface area contributed by atoms with Gasteiger partial charge in [-0.15, -0.1) is 0 Å². The molecule has 0 aromatic carbocycles. The van der Waals surface area contributed by atoms with Gasteiger partial charge in [-0.3, -0.25) is 4.90 Å². The first-order valence-electron chi connectivity index (χ1n) is 7.41. The Morgan fingerprint density at radius 3 is 3.00 bits per heavy atom. The van der Waals surface area contributed by atoms with Gasteiger partial charge in [-0.05, 0) is 40.2 Å². The zero-order valence-corrected chi connectivity index (χ0v) is 13.1. The van der Waals surface area contributed by atoms with E-state index in [4.69, 9.17) is 9.26 Å². The fourth-order valence-electron chi connectivity index (χ4n) is 2.44. The van der Waals surface area contributed by atoms with Gasteiger partial charge >= 0.3 is 0 Å². The van der Waals surface area contributed by atoms with Crippen molar-refractivity contribution >= 4 is 0 Å². The normalized spacial score (nSPS) is 21.3. The van der Waals surface area contributed by atoms with Gasteiger partial charge in [0.25, 0.3) is 0 Å². The fourth-order valence-corrected chi connectivity index (χ4v) is 2.44. The van der Waals surface area contributed by atoms with E-state index in [1.807, 2.05) is 0 Å². The van der Waals surface area contributed by atoms with Gasteiger partial charge in [0.1, 0.15) is 0 Å². The van der Waals surface area contributed by atoms with Crippen molar-refractivity contribution in [2.45, 2.75) is 58.3 Å². The molecular formula is C15H27N3O2. The standard InChI is InChI=1S/C15H27N3O2/c1-15(2,3)16-9-12-8-14(20-17-12)11-18-7-5-6-13(10-18)19-4/h8,13,16H,5-7,9-11H2,1-4H3. The average Bonchev–Trinajstić information content (AvgIpc) is 2.83. The van der Waals surface area contributed by atoms with E-state index in [9.17, 15) is 0 Å². The number of rotatable bonds is 5. The van der Waals surface area contributed by atoms with E-state index in [0.29, 0.717) is 6.10 Å². The van der Waals surface area contributed by atoms with Gasteiger partial charge in [-0.2, -0.15) is 0 Å². The Kier molecular flexibility index (Phi) is 5.18. The van der Waals surface area contributed by atoms with Crippen LogP contribution in [0.25, 0.3) is 0 Å². The second-order valence-electron chi connectivity index (χ2n) is 6.62. The van der Waals surface area contributed by atoms with Crippen LogP contribution in [0.5, 0.6) is 0 Å². The lowest BCUT2D eigenvalue weighted by Crippen LogP contribution is -2.38. The van der Waals surface area contributed by atoms with Crippen LogP contribution in [-0.4, -0.2) is 41.9 Å². The number of nitrogens with zero attached hydrogens (tertiary/aromatic N) is 2. The van der Waals surface area contributed by atoms with Crippen LogP contribution >= 0.6 is 0 Å². The van der Waals surface area contributed by atoms with Crippen LogP contribution < -0.4 is 5.32 Å². The molecule has 0 bridgehead atoms. The van der Waals surface area contributed by atoms with Crippen molar-refractivity contribution in [1.82, 2.24) is 15.4 Å². The van der Waals surface area contributed by atoms with Crippen LogP contribution in [0.2, 0.25) is 0 Å². The number of likely N-dealkylation sites (tertiary alicyclic amines) is 1. The van der Waals surface area contributed by atoms with E-state index in [1.54, 1.807) is 7.11 Å². The topological polar surface area (TPSA) is 50.5 Å². The highest BCUT2D eigenvalue weighted by atomic mass is 16.5. The van der Waals surface area contributed by atoms with Crippen molar-refractivity contribution in [3.63, 3.8) is 0 Å². The highest BCUT2D eigenvalue weighted by Gasteiger charge is 2.20. The van der Waals surface area contributed by atoms with Crippen molar-refractivity contribution in [1.29, 1.82) is 0 Å². The van der Waals surface area contributed by atoms with Gasteiger partial charge in [0.05, 0.1) is 18.3 Å². The number of hydrogen-bond acceptors (Lipinski definition) is 5. The molecule has 1 aliphatic heterocycles. The van der Waals surface area contributed by atoms with E-state index < -0.39 is 0 Å². The van der Waals surface area contributed by atoms with Gasteiger partial charge in [-0.25, -0.2) is 0 Å². The second-order valence-corrected chi connectivity index (χ2v) is 6.62. The molecule has 114 valence electrons. The minimum absolute atomic E-state index is 0.0949. The molecule has 0 saturated carbocycles. The van der Waals surface area contributed by atoms with E-state index >= 15 is 0 Å². The van der Waals surface area contributed by atoms with Crippen LogP contribution in [0, 0.1) is 0 Å². The zero-order valence-electron chi connectivity index (χ0n) is 13.1. The molecule has 1 atom stereocenters. The minimum atomic E-state index is 0.0949. The lowest BCUT2D eigenvalue weighted by atomic mass is 10.1. The molecule has 0 radical (unpaired) electrons. The zero-order chi connectivity index (χ0) is 14.6. The second kappa shape index (κ2) is 6.70. The summed E-state index contributed by atoms with van der Waals surface area (Å²) in [5.41, 5.74) is 1.06. The molecule has 1 unspecified atom stereocenters. The smallest absolute Gasteiger partial charge is 0.151 e. The van der Waals surface area contributed by atoms with Crippen molar-refractivity contribution in [2.24, 2.45) is 0 Å². The molecule has 0 spiro atoms.